The summed E-state index contributed by atoms with van der Waals surface area (Å²) in [6, 6.07) is 9.12. The van der Waals surface area contributed by atoms with Gasteiger partial charge in [0.15, 0.2) is 11.5 Å². The second-order valence-electron chi connectivity index (χ2n) is 8.81. The Morgan fingerprint density at radius 3 is 1.48 bits per heavy atom. The zero-order valence-corrected chi connectivity index (χ0v) is 23.1. The van der Waals surface area contributed by atoms with Crippen LogP contribution in [-0.2, 0) is 4.74 Å². The van der Waals surface area contributed by atoms with Crippen LogP contribution in [0.25, 0.3) is 0 Å². The zero-order chi connectivity index (χ0) is 29.7. The van der Waals surface area contributed by atoms with Gasteiger partial charge in [0.25, 0.3) is 11.8 Å². The minimum absolute atomic E-state index is 0.0392. The van der Waals surface area contributed by atoms with Crippen LogP contribution in [0.15, 0.2) is 36.4 Å². The first-order chi connectivity index (χ1) is 18.9. The summed E-state index contributed by atoms with van der Waals surface area (Å²) in [4.78, 5) is 49.9. The SMILES string of the molecule is COC(=O)c1cc(C)cc(NC(=O)c2cc(C)cc(NC(=O)c3cc(C)cc([N+](=O)[O-])c3OC)c2OC)c1OC. The molecule has 0 aliphatic heterocycles. The molecular formula is C28H29N3O9. The number of rotatable bonds is 9. The topological polar surface area (TPSA) is 155 Å². The molecule has 0 saturated heterocycles. The van der Waals surface area contributed by atoms with Crippen LogP contribution in [0.2, 0.25) is 0 Å². The van der Waals surface area contributed by atoms with Gasteiger partial charge in [-0.05, 0) is 67.8 Å². The number of ether oxygens (including phenoxy) is 4. The number of aryl methyl sites for hydroxylation is 3. The van der Waals surface area contributed by atoms with Crippen molar-refractivity contribution in [2.24, 2.45) is 0 Å². The summed E-state index contributed by atoms with van der Waals surface area (Å²) in [6.45, 7) is 5.07. The van der Waals surface area contributed by atoms with Gasteiger partial charge in [-0.2, -0.15) is 0 Å². The Morgan fingerprint density at radius 2 is 1.05 bits per heavy atom. The summed E-state index contributed by atoms with van der Waals surface area (Å²) in [5, 5.41) is 16.9. The van der Waals surface area contributed by atoms with E-state index in [4.69, 9.17) is 18.9 Å². The van der Waals surface area contributed by atoms with Crippen LogP contribution in [0.4, 0.5) is 17.1 Å². The molecule has 0 aliphatic carbocycles. The molecule has 3 rings (SSSR count). The highest BCUT2D eigenvalue weighted by atomic mass is 16.6. The van der Waals surface area contributed by atoms with Crippen LogP contribution in [0.3, 0.4) is 0 Å². The number of hydrogen-bond donors (Lipinski definition) is 2. The Bertz CT molecular complexity index is 1520. The molecule has 0 spiro atoms. The molecule has 3 aromatic rings. The van der Waals surface area contributed by atoms with Crippen molar-refractivity contribution in [3.8, 4) is 17.2 Å². The van der Waals surface area contributed by atoms with Gasteiger partial charge in [0, 0.05) is 6.07 Å². The first-order valence-corrected chi connectivity index (χ1v) is 11.9. The van der Waals surface area contributed by atoms with Crippen LogP contribution >= 0.6 is 0 Å². The van der Waals surface area contributed by atoms with E-state index >= 15 is 0 Å². The summed E-state index contributed by atoms with van der Waals surface area (Å²) < 4.78 is 20.9. The lowest BCUT2D eigenvalue weighted by atomic mass is 10.0. The molecule has 210 valence electrons. The molecule has 0 aromatic heterocycles. The molecule has 0 bridgehead atoms. The fraction of sp³-hybridized carbons (Fsp3) is 0.250. The highest BCUT2D eigenvalue weighted by molar-refractivity contribution is 6.12. The average Bonchev–Trinajstić information content (AvgIpc) is 2.91. The maximum Gasteiger partial charge on any atom is 0.341 e. The predicted molar refractivity (Wildman–Crippen MR) is 147 cm³/mol. The van der Waals surface area contributed by atoms with E-state index in [1.165, 1.54) is 40.6 Å². The molecule has 0 radical (unpaired) electrons. The highest BCUT2D eigenvalue weighted by Gasteiger charge is 2.26. The second-order valence-corrected chi connectivity index (χ2v) is 8.81. The normalized spacial score (nSPS) is 10.4. The molecule has 0 atom stereocenters. The van der Waals surface area contributed by atoms with Crippen LogP contribution in [0, 0.1) is 30.9 Å². The minimum Gasteiger partial charge on any atom is -0.494 e. The van der Waals surface area contributed by atoms with Crippen molar-refractivity contribution < 1.29 is 38.3 Å². The van der Waals surface area contributed by atoms with Gasteiger partial charge in [0.1, 0.15) is 5.56 Å². The molecule has 0 unspecified atom stereocenters. The van der Waals surface area contributed by atoms with Gasteiger partial charge in [-0.3, -0.25) is 19.7 Å². The molecule has 2 N–H and O–H groups in total. The number of nitro groups is 1. The molecule has 12 nitrogen and oxygen atoms in total. The van der Waals surface area contributed by atoms with Gasteiger partial charge in [-0.15, -0.1) is 0 Å². The van der Waals surface area contributed by atoms with Crippen molar-refractivity contribution >= 4 is 34.8 Å². The second kappa shape index (κ2) is 12.2. The Kier molecular flexibility index (Phi) is 8.94. The monoisotopic (exact) mass is 551 g/mol. The molecule has 0 fully saturated rings. The summed E-state index contributed by atoms with van der Waals surface area (Å²) >= 11 is 0. The van der Waals surface area contributed by atoms with E-state index in [1.54, 1.807) is 45.0 Å². The Labute approximate surface area is 230 Å². The lowest BCUT2D eigenvalue weighted by Crippen LogP contribution is -2.18. The van der Waals surface area contributed by atoms with Gasteiger partial charge in [-0.25, -0.2) is 4.79 Å². The number of amides is 2. The number of benzene rings is 3. The van der Waals surface area contributed by atoms with E-state index in [-0.39, 0.29) is 51.0 Å². The van der Waals surface area contributed by atoms with Crippen molar-refractivity contribution in [1.82, 2.24) is 0 Å². The number of anilines is 2. The van der Waals surface area contributed by atoms with Crippen molar-refractivity contribution in [2.45, 2.75) is 20.8 Å². The number of nitrogens with one attached hydrogen (secondary N) is 2. The number of nitro benzene ring substituents is 1. The fourth-order valence-corrected chi connectivity index (χ4v) is 4.25. The van der Waals surface area contributed by atoms with Crippen LogP contribution in [0.5, 0.6) is 17.2 Å². The van der Waals surface area contributed by atoms with Crippen LogP contribution in [-0.4, -0.2) is 51.1 Å². The number of carbonyl (C=O) groups excluding carboxylic acids is 3. The lowest BCUT2D eigenvalue weighted by molar-refractivity contribution is -0.385. The molecule has 40 heavy (non-hydrogen) atoms. The number of nitrogens with zero attached hydrogens (tertiary/aromatic N) is 1. The molecule has 2 amide bonds. The molecule has 0 aliphatic rings. The fourth-order valence-electron chi connectivity index (χ4n) is 4.25. The first kappa shape index (κ1) is 29.4. The highest BCUT2D eigenvalue weighted by Crippen LogP contribution is 2.37. The van der Waals surface area contributed by atoms with E-state index < -0.39 is 22.7 Å². The third-order valence-corrected chi connectivity index (χ3v) is 5.88. The van der Waals surface area contributed by atoms with E-state index in [0.717, 1.165) is 0 Å². The van der Waals surface area contributed by atoms with Gasteiger partial charge >= 0.3 is 11.7 Å². The first-order valence-electron chi connectivity index (χ1n) is 11.9. The molecule has 0 saturated carbocycles. The van der Waals surface area contributed by atoms with E-state index in [2.05, 4.69) is 10.6 Å². The minimum atomic E-state index is -0.706. The smallest absolute Gasteiger partial charge is 0.341 e. The summed E-state index contributed by atoms with van der Waals surface area (Å²) in [6.07, 6.45) is 0. The van der Waals surface area contributed by atoms with Crippen LogP contribution in [0.1, 0.15) is 47.8 Å². The summed E-state index contributed by atoms with van der Waals surface area (Å²) in [7, 11) is 5.16. The van der Waals surface area contributed by atoms with Crippen molar-refractivity contribution in [3.05, 3.63) is 79.9 Å². The lowest BCUT2D eigenvalue weighted by Gasteiger charge is -2.18. The third-order valence-electron chi connectivity index (χ3n) is 5.88. The maximum atomic E-state index is 13.5. The van der Waals surface area contributed by atoms with Gasteiger partial charge in [0.2, 0.25) is 5.75 Å². The molecular weight excluding hydrogens is 522 g/mol. The summed E-state index contributed by atoms with van der Waals surface area (Å²) in [5.74, 6) is -2.01. The number of esters is 1. The van der Waals surface area contributed by atoms with Gasteiger partial charge < -0.3 is 29.6 Å². The van der Waals surface area contributed by atoms with Gasteiger partial charge in [0.05, 0.1) is 55.9 Å². The largest absolute Gasteiger partial charge is 0.494 e. The Morgan fingerprint density at radius 1 is 0.650 bits per heavy atom. The quantitative estimate of drug-likeness (QED) is 0.216. The van der Waals surface area contributed by atoms with Crippen molar-refractivity contribution in [3.63, 3.8) is 0 Å². The zero-order valence-electron chi connectivity index (χ0n) is 23.1. The summed E-state index contributed by atoms with van der Waals surface area (Å²) in [5.41, 5.74) is 1.90. The van der Waals surface area contributed by atoms with Crippen molar-refractivity contribution in [2.75, 3.05) is 39.1 Å². The molecule has 12 heteroatoms. The number of hydrogen-bond acceptors (Lipinski definition) is 9. The number of methoxy groups -OCH3 is 4. The average molecular weight is 552 g/mol. The standard InChI is InChI=1S/C28H29N3O9/c1-14-8-17(26(32)30-21-12-15(2)10-19(24(21)38-5)28(34)40-7)23(37-4)20(11-14)29-27(33)18-9-16(3)13-22(31(35)36)25(18)39-6/h8-13H,1-7H3,(H,29,33)(H,30,32). The van der Waals surface area contributed by atoms with E-state index in [1.807, 2.05) is 0 Å². The molecule has 3 aromatic carbocycles. The third kappa shape index (κ3) is 5.96. The van der Waals surface area contributed by atoms with Crippen LogP contribution < -0.4 is 24.8 Å². The maximum absolute atomic E-state index is 13.5. The number of carbonyl (C=O) groups is 3. The molecule has 0 heterocycles. The Balaban J connectivity index is 2.05. The van der Waals surface area contributed by atoms with Gasteiger partial charge in [-0.1, -0.05) is 0 Å². The van der Waals surface area contributed by atoms with E-state index in [0.29, 0.717) is 16.7 Å². The Hall–Kier alpha value is -5.13. The predicted octanol–water partition coefficient (Wildman–Crippen LogP) is 4.84. The van der Waals surface area contributed by atoms with E-state index in [9.17, 15) is 24.5 Å². The van der Waals surface area contributed by atoms with Crippen molar-refractivity contribution in [1.29, 1.82) is 0 Å².